The highest BCUT2D eigenvalue weighted by Crippen LogP contribution is 2.31. The van der Waals surface area contributed by atoms with Gasteiger partial charge in [0, 0.05) is 21.8 Å². The van der Waals surface area contributed by atoms with Crippen molar-refractivity contribution in [2.24, 2.45) is 0 Å². The Morgan fingerprint density at radius 2 is 1.69 bits per heavy atom. The summed E-state index contributed by atoms with van der Waals surface area (Å²) in [4.78, 5) is 17.7. The van der Waals surface area contributed by atoms with Crippen molar-refractivity contribution in [3.8, 4) is 11.3 Å². The van der Waals surface area contributed by atoms with Crippen molar-refractivity contribution in [3.63, 3.8) is 0 Å². The van der Waals surface area contributed by atoms with Crippen LogP contribution in [0.4, 0.5) is 5.82 Å². The maximum absolute atomic E-state index is 12.9. The van der Waals surface area contributed by atoms with Crippen LogP contribution >= 0.6 is 15.9 Å². The first-order valence-corrected chi connectivity index (χ1v) is 10.0. The first-order valence-electron chi connectivity index (χ1n) is 9.22. The highest BCUT2D eigenvalue weighted by Gasteiger charge is 2.17. The monoisotopic (exact) mass is 441 g/mol. The molecule has 0 saturated heterocycles. The van der Waals surface area contributed by atoms with E-state index in [4.69, 9.17) is 4.98 Å². The summed E-state index contributed by atoms with van der Waals surface area (Å²) >= 11 is 3.42. The van der Waals surface area contributed by atoms with Gasteiger partial charge in [0.15, 0.2) is 0 Å². The number of amides is 1. The summed E-state index contributed by atoms with van der Waals surface area (Å²) in [5.41, 5.74) is 3.05. The summed E-state index contributed by atoms with van der Waals surface area (Å²) in [5, 5.41) is 5.36. The van der Waals surface area contributed by atoms with E-state index < -0.39 is 0 Å². The van der Waals surface area contributed by atoms with Gasteiger partial charge in [-0.25, -0.2) is 4.98 Å². The number of hydrogen-bond acceptors (Lipinski definition) is 2. The van der Waals surface area contributed by atoms with Crippen LogP contribution in [0.3, 0.4) is 0 Å². The number of halogens is 1. The molecule has 0 bridgehead atoms. The average Bonchev–Trinajstić information content (AvgIpc) is 3.12. The van der Waals surface area contributed by atoms with Gasteiger partial charge in [-0.1, -0.05) is 64.5 Å². The van der Waals surface area contributed by atoms with Gasteiger partial charge in [-0.05, 0) is 47.2 Å². The third-order valence-electron chi connectivity index (χ3n) is 4.87. The zero-order valence-electron chi connectivity index (χ0n) is 15.3. The number of pyridine rings is 1. The van der Waals surface area contributed by atoms with Gasteiger partial charge in [-0.15, -0.1) is 0 Å². The fraction of sp³-hybridized carbons (Fsp3) is 0. The van der Waals surface area contributed by atoms with E-state index in [0.717, 1.165) is 26.8 Å². The van der Waals surface area contributed by atoms with Crippen LogP contribution in [0.15, 0.2) is 95.6 Å². The number of nitrogens with one attached hydrogen (secondary N) is 1. The first kappa shape index (κ1) is 17.6. The number of anilines is 1. The summed E-state index contributed by atoms with van der Waals surface area (Å²) in [6, 6.07) is 27.5. The topological polar surface area (TPSA) is 46.4 Å². The van der Waals surface area contributed by atoms with Crippen LogP contribution in [0.1, 0.15) is 10.4 Å². The van der Waals surface area contributed by atoms with Crippen LogP contribution in [0.2, 0.25) is 0 Å². The lowest BCUT2D eigenvalue weighted by molar-refractivity contribution is 0.102. The van der Waals surface area contributed by atoms with Crippen LogP contribution < -0.4 is 5.32 Å². The third-order valence-corrected chi connectivity index (χ3v) is 5.36. The van der Waals surface area contributed by atoms with Crippen molar-refractivity contribution in [2.75, 3.05) is 5.32 Å². The molecule has 0 fully saturated rings. The van der Waals surface area contributed by atoms with Crippen molar-refractivity contribution in [1.82, 2.24) is 9.38 Å². The minimum Gasteiger partial charge on any atom is -0.306 e. The smallest absolute Gasteiger partial charge is 0.256 e. The number of carbonyl (C=O) groups is 1. The lowest BCUT2D eigenvalue weighted by atomic mass is 10.0. The molecular formula is C24H16BrN3O. The molecule has 0 aliphatic heterocycles. The molecule has 3 aromatic carbocycles. The summed E-state index contributed by atoms with van der Waals surface area (Å²) in [7, 11) is 0. The molecular weight excluding hydrogens is 426 g/mol. The fourth-order valence-corrected chi connectivity index (χ4v) is 3.86. The molecule has 0 spiro atoms. The van der Waals surface area contributed by atoms with E-state index in [0.29, 0.717) is 11.4 Å². The molecule has 0 radical (unpaired) electrons. The van der Waals surface area contributed by atoms with Gasteiger partial charge in [0.05, 0.1) is 0 Å². The van der Waals surface area contributed by atoms with Gasteiger partial charge in [-0.3, -0.25) is 9.20 Å². The number of aromatic nitrogens is 2. The lowest BCUT2D eigenvalue weighted by Gasteiger charge is -2.09. The van der Waals surface area contributed by atoms with Gasteiger partial charge in [-0.2, -0.15) is 0 Å². The van der Waals surface area contributed by atoms with Crippen molar-refractivity contribution in [3.05, 3.63) is 101 Å². The van der Waals surface area contributed by atoms with Crippen LogP contribution in [0.25, 0.3) is 27.7 Å². The van der Waals surface area contributed by atoms with E-state index in [1.54, 1.807) is 12.1 Å². The van der Waals surface area contributed by atoms with Crippen molar-refractivity contribution < 1.29 is 4.79 Å². The molecule has 2 heterocycles. The zero-order valence-corrected chi connectivity index (χ0v) is 16.9. The summed E-state index contributed by atoms with van der Waals surface area (Å²) in [5.74, 6) is 0.472. The molecule has 5 rings (SSSR count). The first-order chi connectivity index (χ1) is 14.2. The molecule has 1 amide bonds. The van der Waals surface area contributed by atoms with E-state index in [-0.39, 0.29) is 5.91 Å². The largest absolute Gasteiger partial charge is 0.306 e. The van der Waals surface area contributed by atoms with E-state index >= 15 is 0 Å². The Morgan fingerprint density at radius 3 is 2.55 bits per heavy atom. The van der Waals surface area contributed by atoms with Crippen molar-refractivity contribution in [1.29, 1.82) is 0 Å². The molecule has 5 aromatic rings. The second-order valence-electron chi connectivity index (χ2n) is 6.76. The number of benzene rings is 3. The number of fused-ring (bicyclic) bond motifs is 2. The predicted octanol–water partition coefficient (Wildman–Crippen LogP) is 6.17. The number of imidazole rings is 1. The molecule has 0 aliphatic carbocycles. The highest BCUT2D eigenvalue weighted by molar-refractivity contribution is 9.10. The Kier molecular flexibility index (Phi) is 4.37. The Labute approximate surface area is 176 Å². The standard InChI is InChI=1S/C24H16BrN3O/c25-20-9-5-8-19(15-20)24(29)27-23-22(26-21-10-3-4-13-28(21)23)18-12-11-16-6-1-2-7-17(16)14-18/h1-15H,(H,27,29). The second kappa shape index (κ2) is 7.18. The van der Waals surface area contributed by atoms with E-state index in [2.05, 4.69) is 45.5 Å². The highest BCUT2D eigenvalue weighted by atomic mass is 79.9. The molecule has 0 unspecified atom stereocenters. The van der Waals surface area contributed by atoms with Gasteiger partial charge in [0.25, 0.3) is 5.91 Å². The zero-order chi connectivity index (χ0) is 19.8. The molecule has 140 valence electrons. The minimum atomic E-state index is -0.181. The Balaban J connectivity index is 1.64. The maximum atomic E-state index is 12.9. The van der Waals surface area contributed by atoms with Crippen LogP contribution in [0, 0.1) is 0 Å². The van der Waals surface area contributed by atoms with Gasteiger partial charge in [0.2, 0.25) is 0 Å². The van der Waals surface area contributed by atoms with Crippen LogP contribution in [-0.4, -0.2) is 15.3 Å². The summed E-state index contributed by atoms with van der Waals surface area (Å²) < 4.78 is 2.76. The van der Waals surface area contributed by atoms with E-state index in [1.165, 1.54) is 5.39 Å². The normalized spacial score (nSPS) is 11.1. The third kappa shape index (κ3) is 3.30. The Hall–Kier alpha value is -3.44. The quantitative estimate of drug-likeness (QED) is 0.363. The van der Waals surface area contributed by atoms with E-state index in [9.17, 15) is 4.79 Å². The predicted molar refractivity (Wildman–Crippen MR) is 120 cm³/mol. The van der Waals surface area contributed by atoms with Crippen LogP contribution in [-0.2, 0) is 0 Å². The van der Waals surface area contributed by atoms with Gasteiger partial charge >= 0.3 is 0 Å². The molecule has 5 heteroatoms. The Morgan fingerprint density at radius 1 is 0.862 bits per heavy atom. The SMILES string of the molecule is O=C(Nc1c(-c2ccc3ccccc3c2)nc2ccccn12)c1cccc(Br)c1. The summed E-state index contributed by atoms with van der Waals surface area (Å²) in [6.07, 6.45) is 1.91. The number of hydrogen-bond donors (Lipinski definition) is 1. The Bertz CT molecular complexity index is 1370. The summed E-state index contributed by atoms with van der Waals surface area (Å²) in [6.45, 7) is 0. The van der Waals surface area contributed by atoms with Gasteiger partial charge < -0.3 is 5.32 Å². The second-order valence-corrected chi connectivity index (χ2v) is 7.68. The minimum absolute atomic E-state index is 0.181. The van der Waals surface area contributed by atoms with Crippen molar-refractivity contribution >= 4 is 44.1 Å². The molecule has 0 atom stereocenters. The number of rotatable bonds is 3. The lowest BCUT2D eigenvalue weighted by Crippen LogP contribution is -2.14. The molecule has 29 heavy (non-hydrogen) atoms. The number of carbonyl (C=O) groups excluding carboxylic acids is 1. The molecule has 1 N–H and O–H groups in total. The van der Waals surface area contributed by atoms with Crippen molar-refractivity contribution in [2.45, 2.75) is 0 Å². The molecule has 2 aromatic heterocycles. The fourth-order valence-electron chi connectivity index (χ4n) is 3.46. The van der Waals surface area contributed by atoms with Crippen LogP contribution in [0.5, 0.6) is 0 Å². The molecule has 4 nitrogen and oxygen atoms in total. The maximum Gasteiger partial charge on any atom is 0.256 e. The molecule has 0 aliphatic rings. The molecule has 0 saturated carbocycles. The number of nitrogens with zero attached hydrogens (tertiary/aromatic N) is 2. The van der Waals surface area contributed by atoms with E-state index in [1.807, 2.05) is 59.1 Å². The van der Waals surface area contributed by atoms with Gasteiger partial charge in [0.1, 0.15) is 17.2 Å². The average molecular weight is 442 g/mol.